The van der Waals surface area contributed by atoms with Crippen LogP contribution in [0.25, 0.3) is 0 Å². The second-order valence-electron chi connectivity index (χ2n) is 5.05. The lowest BCUT2D eigenvalue weighted by Gasteiger charge is -2.17. The lowest BCUT2D eigenvalue weighted by atomic mass is 10.0. The Balaban J connectivity index is 2.58. The van der Waals surface area contributed by atoms with E-state index >= 15 is 0 Å². The molecule has 0 spiro atoms. The molecule has 0 saturated heterocycles. The van der Waals surface area contributed by atoms with Crippen LogP contribution in [0.1, 0.15) is 30.0 Å². The molecule has 0 heterocycles. The van der Waals surface area contributed by atoms with Crippen LogP contribution in [0.4, 0.5) is 0 Å². The van der Waals surface area contributed by atoms with Crippen LogP contribution in [-0.4, -0.2) is 21.3 Å². The van der Waals surface area contributed by atoms with Crippen LogP contribution >= 0.6 is 0 Å². The number of aryl methyl sites for hydroxylation is 1. The maximum absolute atomic E-state index is 5.53. The number of methoxy groups -OCH3 is 3. The Morgan fingerprint density at radius 1 is 0.826 bits per heavy atom. The van der Waals surface area contributed by atoms with E-state index in [2.05, 4.69) is 18.8 Å². The van der Waals surface area contributed by atoms with E-state index in [9.17, 15) is 0 Å². The highest BCUT2D eigenvalue weighted by Crippen LogP contribution is 2.42. The van der Waals surface area contributed by atoms with E-state index in [1.165, 1.54) is 0 Å². The fraction of sp³-hybridized carbons (Fsp3) is 0.300. The molecular weight excluding hydrogens is 288 g/mol. The summed E-state index contributed by atoms with van der Waals surface area (Å²) in [4.78, 5) is 0. The predicted molar refractivity (Wildman–Crippen MR) is 92.5 cm³/mol. The van der Waals surface area contributed by atoms with E-state index in [4.69, 9.17) is 14.2 Å². The Labute approximate surface area is 138 Å². The summed E-state index contributed by atoms with van der Waals surface area (Å²) in [6.45, 7) is 2.13. The van der Waals surface area contributed by atoms with Gasteiger partial charge in [0.2, 0.25) is 5.75 Å². The van der Waals surface area contributed by atoms with Crippen molar-refractivity contribution >= 4 is 0 Å². The first kappa shape index (κ1) is 16.8. The highest BCUT2D eigenvalue weighted by Gasteiger charge is 2.19. The Bertz CT molecular complexity index is 709. The normalized spacial score (nSPS) is 9.74. The molecule has 0 bridgehead atoms. The summed E-state index contributed by atoms with van der Waals surface area (Å²) in [5, 5.41) is 0. The van der Waals surface area contributed by atoms with E-state index in [1.54, 1.807) is 21.3 Å². The van der Waals surface area contributed by atoms with Crippen molar-refractivity contribution in [3.8, 4) is 29.1 Å². The van der Waals surface area contributed by atoms with Gasteiger partial charge in [0, 0.05) is 5.56 Å². The summed E-state index contributed by atoms with van der Waals surface area (Å²) >= 11 is 0. The molecule has 0 aliphatic carbocycles. The highest BCUT2D eigenvalue weighted by molar-refractivity contribution is 5.64. The summed E-state index contributed by atoms with van der Waals surface area (Å²) in [5.41, 5.74) is 2.84. The fourth-order valence-corrected chi connectivity index (χ4v) is 2.50. The van der Waals surface area contributed by atoms with Gasteiger partial charge in [0.25, 0.3) is 0 Å². The minimum Gasteiger partial charge on any atom is -0.492 e. The number of ether oxygens (including phenoxy) is 3. The molecule has 0 aliphatic rings. The van der Waals surface area contributed by atoms with Crippen LogP contribution in [0.2, 0.25) is 0 Å². The molecule has 0 unspecified atom stereocenters. The Morgan fingerprint density at radius 2 is 1.48 bits per heavy atom. The van der Waals surface area contributed by atoms with Gasteiger partial charge in [-0.05, 0) is 30.2 Å². The van der Waals surface area contributed by atoms with Crippen LogP contribution in [-0.2, 0) is 6.42 Å². The van der Waals surface area contributed by atoms with Gasteiger partial charge < -0.3 is 14.2 Å². The van der Waals surface area contributed by atoms with Crippen molar-refractivity contribution < 1.29 is 14.2 Å². The van der Waals surface area contributed by atoms with E-state index in [0.29, 0.717) is 11.5 Å². The van der Waals surface area contributed by atoms with Crippen molar-refractivity contribution in [2.45, 2.75) is 19.8 Å². The van der Waals surface area contributed by atoms with Gasteiger partial charge in [0.1, 0.15) is 0 Å². The minimum absolute atomic E-state index is 0.596. The molecule has 23 heavy (non-hydrogen) atoms. The molecular formula is C20H22O3. The molecule has 0 radical (unpaired) electrons. The lowest BCUT2D eigenvalue weighted by molar-refractivity contribution is 0.321. The largest absolute Gasteiger partial charge is 0.492 e. The maximum atomic E-state index is 5.53. The predicted octanol–water partition coefficient (Wildman–Crippen LogP) is 4.06. The monoisotopic (exact) mass is 310 g/mol. The van der Waals surface area contributed by atoms with E-state index in [-0.39, 0.29) is 0 Å². The molecule has 2 aromatic rings. The smallest absolute Gasteiger partial charge is 0.204 e. The SMILES string of the molecule is CCCc1cc(C#Cc2ccccc2)c(OC)c(OC)c1OC. The van der Waals surface area contributed by atoms with Gasteiger partial charge in [-0.2, -0.15) is 0 Å². The summed E-state index contributed by atoms with van der Waals surface area (Å²) < 4.78 is 16.6. The third-order valence-corrected chi connectivity index (χ3v) is 3.51. The quantitative estimate of drug-likeness (QED) is 0.779. The Morgan fingerprint density at radius 3 is 2.04 bits per heavy atom. The minimum atomic E-state index is 0.596. The van der Waals surface area contributed by atoms with Crippen molar-refractivity contribution in [2.75, 3.05) is 21.3 Å². The Kier molecular flexibility index (Phi) is 5.94. The van der Waals surface area contributed by atoms with Gasteiger partial charge in [-0.15, -0.1) is 0 Å². The second-order valence-corrected chi connectivity index (χ2v) is 5.05. The van der Waals surface area contributed by atoms with Crippen molar-refractivity contribution in [1.29, 1.82) is 0 Å². The van der Waals surface area contributed by atoms with E-state index < -0.39 is 0 Å². The van der Waals surface area contributed by atoms with Gasteiger partial charge in [-0.25, -0.2) is 0 Å². The summed E-state index contributed by atoms with van der Waals surface area (Å²) in [5.74, 6) is 8.28. The van der Waals surface area contributed by atoms with Crippen LogP contribution in [0, 0.1) is 11.8 Å². The van der Waals surface area contributed by atoms with Crippen molar-refractivity contribution in [2.24, 2.45) is 0 Å². The number of hydrogen-bond acceptors (Lipinski definition) is 3. The first-order valence-corrected chi connectivity index (χ1v) is 7.64. The zero-order chi connectivity index (χ0) is 16.7. The molecule has 0 atom stereocenters. The zero-order valence-corrected chi connectivity index (χ0v) is 14.1. The number of benzene rings is 2. The summed E-state index contributed by atoms with van der Waals surface area (Å²) in [7, 11) is 4.88. The van der Waals surface area contributed by atoms with Gasteiger partial charge >= 0.3 is 0 Å². The number of rotatable bonds is 5. The van der Waals surface area contributed by atoms with Crippen molar-refractivity contribution in [3.05, 3.63) is 53.1 Å². The number of hydrogen-bond donors (Lipinski definition) is 0. The van der Waals surface area contributed by atoms with E-state index in [1.807, 2.05) is 36.4 Å². The van der Waals surface area contributed by atoms with Crippen molar-refractivity contribution in [3.63, 3.8) is 0 Å². The molecule has 3 heteroatoms. The van der Waals surface area contributed by atoms with Gasteiger partial charge in [0.15, 0.2) is 11.5 Å². The third-order valence-electron chi connectivity index (χ3n) is 3.51. The van der Waals surface area contributed by atoms with Crippen LogP contribution in [0.3, 0.4) is 0 Å². The molecule has 3 nitrogen and oxygen atoms in total. The van der Waals surface area contributed by atoms with Crippen LogP contribution < -0.4 is 14.2 Å². The fourth-order valence-electron chi connectivity index (χ4n) is 2.50. The molecule has 0 amide bonds. The highest BCUT2D eigenvalue weighted by atomic mass is 16.5. The summed E-state index contributed by atoms with van der Waals surface area (Å²) in [6.07, 6.45) is 1.90. The first-order valence-electron chi connectivity index (χ1n) is 7.64. The Hall–Kier alpha value is -2.60. The third kappa shape index (κ3) is 3.78. The topological polar surface area (TPSA) is 27.7 Å². The van der Waals surface area contributed by atoms with Gasteiger partial charge in [-0.1, -0.05) is 43.4 Å². The molecule has 0 aliphatic heterocycles. The molecule has 0 fully saturated rings. The summed E-state index contributed by atoms with van der Waals surface area (Å²) in [6, 6.07) is 11.9. The molecule has 2 rings (SSSR count). The van der Waals surface area contributed by atoms with Gasteiger partial charge in [-0.3, -0.25) is 0 Å². The van der Waals surface area contributed by atoms with Crippen LogP contribution in [0.15, 0.2) is 36.4 Å². The molecule has 0 aromatic heterocycles. The first-order chi connectivity index (χ1) is 11.2. The standard InChI is InChI=1S/C20H22O3/c1-5-9-16-14-17(13-12-15-10-7-6-8-11-15)19(22-3)20(23-4)18(16)21-2/h6-8,10-11,14H,5,9H2,1-4H3. The molecule has 0 saturated carbocycles. The van der Waals surface area contributed by atoms with E-state index in [0.717, 1.165) is 35.3 Å². The zero-order valence-electron chi connectivity index (χ0n) is 14.1. The second kappa shape index (κ2) is 8.14. The van der Waals surface area contributed by atoms with Gasteiger partial charge in [0.05, 0.1) is 26.9 Å². The maximum Gasteiger partial charge on any atom is 0.204 e. The van der Waals surface area contributed by atoms with Crippen LogP contribution in [0.5, 0.6) is 17.2 Å². The average molecular weight is 310 g/mol. The average Bonchev–Trinajstić information content (AvgIpc) is 2.60. The lowest BCUT2D eigenvalue weighted by Crippen LogP contribution is -2.01. The molecule has 120 valence electrons. The van der Waals surface area contributed by atoms with Crippen molar-refractivity contribution in [1.82, 2.24) is 0 Å². The molecule has 0 N–H and O–H groups in total. The molecule has 2 aromatic carbocycles.